The maximum atomic E-state index is 12.8. The van der Waals surface area contributed by atoms with E-state index in [-0.39, 0.29) is 16.9 Å². The van der Waals surface area contributed by atoms with Gasteiger partial charge in [-0.3, -0.25) is 4.98 Å². The molecule has 1 aromatic heterocycles. The van der Waals surface area contributed by atoms with Gasteiger partial charge < -0.3 is 5.11 Å². The van der Waals surface area contributed by atoms with E-state index in [1.54, 1.807) is 11.7 Å². The highest BCUT2D eigenvalue weighted by Crippen LogP contribution is 2.44. The molecule has 1 unspecified atom stereocenters. The summed E-state index contributed by atoms with van der Waals surface area (Å²) in [6.07, 6.45) is -1.51. The molecule has 120 valence electrons. The quantitative estimate of drug-likeness (QED) is 0.692. The van der Waals surface area contributed by atoms with Crippen LogP contribution in [0.2, 0.25) is 5.02 Å². The average Bonchev–Trinajstić information content (AvgIpc) is 2.98. The first-order chi connectivity index (χ1) is 10.4. The standard InChI is InChI=1S/C14H13ClF3NOS2/c15-10-4-3-9(14(16,17)18)6-12(10)22-11(2-1-5-20)13-7-19-8-21-13/h3-4,6-8,11,20H,1-2,5H2. The molecule has 0 saturated heterocycles. The first-order valence-corrected chi connectivity index (χ1v) is 8.58. The highest BCUT2D eigenvalue weighted by molar-refractivity contribution is 7.99. The lowest BCUT2D eigenvalue weighted by molar-refractivity contribution is -0.137. The van der Waals surface area contributed by atoms with Gasteiger partial charge in [0.05, 0.1) is 16.1 Å². The van der Waals surface area contributed by atoms with Gasteiger partial charge in [0.25, 0.3) is 0 Å². The summed E-state index contributed by atoms with van der Waals surface area (Å²) in [5.41, 5.74) is 0.958. The van der Waals surface area contributed by atoms with E-state index in [0.717, 1.165) is 17.0 Å². The van der Waals surface area contributed by atoms with Crippen LogP contribution in [-0.2, 0) is 6.18 Å². The zero-order valence-corrected chi connectivity index (χ0v) is 13.7. The van der Waals surface area contributed by atoms with Gasteiger partial charge in [-0.2, -0.15) is 13.2 Å². The van der Waals surface area contributed by atoms with Gasteiger partial charge in [-0.15, -0.1) is 23.1 Å². The largest absolute Gasteiger partial charge is 0.416 e. The van der Waals surface area contributed by atoms with Crippen LogP contribution in [0.3, 0.4) is 0 Å². The van der Waals surface area contributed by atoms with Crippen LogP contribution in [0, 0.1) is 0 Å². The molecule has 0 aliphatic rings. The van der Waals surface area contributed by atoms with E-state index in [4.69, 9.17) is 16.7 Å². The third-order valence-electron chi connectivity index (χ3n) is 2.92. The van der Waals surface area contributed by atoms with Crippen molar-refractivity contribution in [3.8, 4) is 0 Å². The van der Waals surface area contributed by atoms with Crippen LogP contribution >= 0.6 is 34.7 Å². The van der Waals surface area contributed by atoms with E-state index in [1.165, 1.54) is 29.2 Å². The number of thiazole rings is 1. The lowest BCUT2D eigenvalue weighted by Gasteiger charge is -2.16. The van der Waals surface area contributed by atoms with Crippen molar-refractivity contribution in [1.82, 2.24) is 4.98 Å². The van der Waals surface area contributed by atoms with Crippen LogP contribution in [0.4, 0.5) is 13.2 Å². The van der Waals surface area contributed by atoms with Crippen molar-refractivity contribution in [3.05, 3.63) is 45.4 Å². The van der Waals surface area contributed by atoms with Gasteiger partial charge in [0.2, 0.25) is 0 Å². The predicted molar refractivity (Wildman–Crippen MR) is 83.5 cm³/mol. The molecule has 1 atom stereocenters. The Kier molecular flexibility index (Phi) is 6.14. The monoisotopic (exact) mass is 367 g/mol. The van der Waals surface area contributed by atoms with Crippen LogP contribution in [-0.4, -0.2) is 16.7 Å². The number of benzene rings is 1. The molecular formula is C14H13ClF3NOS2. The summed E-state index contributed by atoms with van der Waals surface area (Å²) in [6, 6.07) is 3.31. The number of aliphatic hydroxyl groups is 1. The van der Waals surface area contributed by atoms with Gasteiger partial charge in [-0.25, -0.2) is 0 Å². The number of thioether (sulfide) groups is 1. The van der Waals surface area contributed by atoms with E-state index in [2.05, 4.69) is 4.98 Å². The zero-order valence-electron chi connectivity index (χ0n) is 11.3. The summed E-state index contributed by atoms with van der Waals surface area (Å²) in [5, 5.41) is 9.19. The fourth-order valence-electron chi connectivity index (χ4n) is 1.84. The molecule has 1 heterocycles. The Morgan fingerprint density at radius 2 is 2.14 bits per heavy atom. The number of hydrogen-bond acceptors (Lipinski definition) is 4. The van der Waals surface area contributed by atoms with Gasteiger partial charge in [0.1, 0.15) is 0 Å². The minimum atomic E-state index is -4.40. The molecule has 0 saturated carbocycles. The summed E-state index contributed by atoms with van der Waals surface area (Å²) in [7, 11) is 0. The van der Waals surface area contributed by atoms with Crippen LogP contribution in [0.1, 0.15) is 28.5 Å². The van der Waals surface area contributed by atoms with Crippen molar-refractivity contribution in [1.29, 1.82) is 0 Å². The summed E-state index contributed by atoms with van der Waals surface area (Å²) in [5.74, 6) is 0. The van der Waals surface area contributed by atoms with Crippen LogP contribution < -0.4 is 0 Å². The van der Waals surface area contributed by atoms with Crippen LogP contribution in [0.15, 0.2) is 34.8 Å². The summed E-state index contributed by atoms with van der Waals surface area (Å²) >= 11 is 8.74. The number of rotatable bonds is 6. The van der Waals surface area contributed by atoms with Gasteiger partial charge in [0, 0.05) is 27.8 Å². The first-order valence-electron chi connectivity index (χ1n) is 6.44. The van der Waals surface area contributed by atoms with Crippen LogP contribution in [0.25, 0.3) is 0 Å². The Labute approximate surface area is 139 Å². The molecule has 0 radical (unpaired) electrons. The van der Waals surface area contributed by atoms with Gasteiger partial charge in [-0.05, 0) is 31.0 Å². The minimum absolute atomic E-state index is 0.0339. The lowest BCUT2D eigenvalue weighted by atomic mass is 10.2. The number of nitrogens with zero attached hydrogens (tertiary/aromatic N) is 1. The fraction of sp³-hybridized carbons (Fsp3) is 0.357. The molecule has 2 rings (SSSR count). The van der Waals surface area contributed by atoms with Gasteiger partial charge in [0.15, 0.2) is 0 Å². The molecule has 0 fully saturated rings. The maximum Gasteiger partial charge on any atom is 0.416 e. The van der Waals surface area contributed by atoms with E-state index in [0.29, 0.717) is 17.7 Å². The Bertz CT molecular complexity index is 605. The molecule has 0 aliphatic heterocycles. The van der Waals surface area contributed by atoms with Crippen molar-refractivity contribution >= 4 is 34.7 Å². The van der Waals surface area contributed by atoms with E-state index >= 15 is 0 Å². The number of hydrogen-bond donors (Lipinski definition) is 1. The topological polar surface area (TPSA) is 33.1 Å². The Balaban J connectivity index is 2.25. The summed E-state index contributed by atoms with van der Waals surface area (Å²) < 4.78 is 38.5. The molecule has 1 N–H and O–H groups in total. The minimum Gasteiger partial charge on any atom is -0.396 e. The van der Waals surface area contributed by atoms with Crippen molar-refractivity contribution in [2.45, 2.75) is 29.2 Å². The number of halogens is 4. The SMILES string of the molecule is OCCCC(Sc1cc(C(F)(F)F)ccc1Cl)c1cncs1. The highest BCUT2D eigenvalue weighted by atomic mass is 35.5. The normalized spacial score (nSPS) is 13.3. The van der Waals surface area contributed by atoms with Gasteiger partial charge >= 0.3 is 6.18 Å². The lowest BCUT2D eigenvalue weighted by Crippen LogP contribution is -2.05. The highest BCUT2D eigenvalue weighted by Gasteiger charge is 2.31. The molecule has 0 bridgehead atoms. The molecule has 0 aliphatic carbocycles. The number of alkyl halides is 3. The Morgan fingerprint density at radius 3 is 2.73 bits per heavy atom. The smallest absolute Gasteiger partial charge is 0.396 e. The second-order valence-corrected chi connectivity index (χ2v) is 7.09. The second kappa shape index (κ2) is 7.68. The molecule has 8 heteroatoms. The third-order valence-corrected chi connectivity index (χ3v) is 5.77. The van der Waals surface area contributed by atoms with E-state index in [9.17, 15) is 13.2 Å². The molecule has 0 spiro atoms. The molecular weight excluding hydrogens is 355 g/mol. The summed E-state index contributed by atoms with van der Waals surface area (Å²) in [6.45, 7) is 0.0339. The average molecular weight is 368 g/mol. The van der Waals surface area contributed by atoms with Crippen molar-refractivity contribution in [3.63, 3.8) is 0 Å². The summed E-state index contributed by atoms with van der Waals surface area (Å²) in [4.78, 5) is 5.33. The van der Waals surface area contributed by atoms with Crippen molar-refractivity contribution in [2.75, 3.05) is 6.61 Å². The molecule has 0 amide bonds. The molecule has 2 nitrogen and oxygen atoms in total. The maximum absolute atomic E-state index is 12.8. The van der Waals surface area contributed by atoms with E-state index < -0.39 is 11.7 Å². The molecule has 1 aromatic carbocycles. The second-order valence-electron chi connectivity index (χ2n) is 4.52. The zero-order chi connectivity index (χ0) is 16.2. The molecule has 2 aromatic rings. The first kappa shape index (κ1) is 17.6. The van der Waals surface area contributed by atoms with Crippen molar-refractivity contribution in [2.24, 2.45) is 0 Å². The number of aromatic nitrogens is 1. The fourth-order valence-corrected chi connectivity index (χ4v) is 4.18. The number of aliphatic hydroxyl groups excluding tert-OH is 1. The van der Waals surface area contributed by atoms with Gasteiger partial charge in [-0.1, -0.05) is 11.6 Å². The third kappa shape index (κ3) is 4.62. The van der Waals surface area contributed by atoms with Crippen LogP contribution in [0.5, 0.6) is 0 Å². The predicted octanol–water partition coefficient (Wildman–Crippen LogP) is 5.42. The Morgan fingerprint density at radius 1 is 1.36 bits per heavy atom. The molecule has 22 heavy (non-hydrogen) atoms. The Hall–Kier alpha value is -0.760. The van der Waals surface area contributed by atoms with E-state index in [1.807, 2.05) is 0 Å². The van der Waals surface area contributed by atoms with Crippen molar-refractivity contribution < 1.29 is 18.3 Å².